The Bertz CT molecular complexity index is 334. The van der Waals surface area contributed by atoms with Crippen molar-refractivity contribution in [3.63, 3.8) is 0 Å². The molecule has 3 nitrogen and oxygen atoms in total. The van der Waals surface area contributed by atoms with E-state index in [1.54, 1.807) is 0 Å². The fraction of sp³-hybridized carbons (Fsp3) is 0.643. The number of hydrogen-bond acceptors (Lipinski definition) is 3. The van der Waals surface area contributed by atoms with E-state index in [0.717, 1.165) is 18.9 Å². The van der Waals surface area contributed by atoms with E-state index >= 15 is 0 Å². The number of rotatable bonds is 6. The van der Waals surface area contributed by atoms with Gasteiger partial charge in [0.05, 0.1) is 0 Å². The van der Waals surface area contributed by atoms with E-state index < -0.39 is 0 Å². The highest BCUT2D eigenvalue weighted by atomic mass is 15.2. The Kier molecular flexibility index (Phi) is 5.42. The average Bonchev–Trinajstić information content (AvgIpc) is 2.28. The minimum absolute atomic E-state index is 0.473. The molecule has 1 aromatic heterocycles. The van der Waals surface area contributed by atoms with Crippen molar-refractivity contribution in [3.05, 3.63) is 23.9 Å². The predicted molar refractivity (Wildman–Crippen MR) is 74.3 cm³/mol. The lowest BCUT2D eigenvalue weighted by atomic mass is 10.2. The van der Waals surface area contributed by atoms with Crippen LogP contribution in [-0.2, 0) is 6.54 Å². The van der Waals surface area contributed by atoms with Crippen molar-refractivity contribution in [1.82, 2.24) is 10.3 Å². The van der Waals surface area contributed by atoms with Crippen LogP contribution < -0.4 is 10.2 Å². The van der Waals surface area contributed by atoms with Gasteiger partial charge in [-0.3, -0.25) is 0 Å². The molecular weight excluding hydrogens is 210 g/mol. The Morgan fingerprint density at radius 3 is 2.59 bits per heavy atom. The van der Waals surface area contributed by atoms with Crippen LogP contribution >= 0.6 is 0 Å². The second-order valence-corrected chi connectivity index (χ2v) is 5.25. The topological polar surface area (TPSA) is 28.2 Å². The summed E-state index contributed by atoms with van der Waals surface area (Å²) in [5.74, 6) is 1.73. The minimum atomic E-state index is 0.473. The van der Waals surface area contributed by atoms with E-state index in [0.29, 0.717) is 12.0 Å². The first kappa shape index (κ1) is 14.0. The third-order valence-electron chi connectivity index (χ3n) is 2.83. The summed E-state index contributed by atoms with van der Waals surface area (Å²) in [6.45, 7) is 10.8. The summed E-state index contributed by atoms with van der Waals surface area (Å²) in [5.41, 5.74) is 1.29. The van der Waals surface area contributed by atoms with Gasteiger partial charge in [0.1, 0.15) is 5.82 Å². The fourth-order valence-corrected chi connectivity index (χ4v) is 1.53. The van der Waals surface area contributed by atoms with Gasteiger partial charge in [0.25, 0.3) is 0 Å². The fourth-order valence-electron chi connectivity index (χ4n) is 1.53. The zero-order valence-electron chi connectivity index (χ0n) is 11.7. The minimum Gasteiger partial charge on any atom is -0.357 e. The molecule has 1 aromatic rings. The van der Waals surface area contributed by atoms with Crippen LogP contribution in [0.2, 0.25) is 0 Å². The molecule has 0 spiro atoms. The Hall–Kier alpha value is -1.09. The van der Waals surface area contributed by atoms with Crippen molar-refractivity contribution in [2.75, 3.05) is 18.5 Å². The predicted octanol–water partition coefficient (Wildman–Crippen LogP) is 2.67. The molecule has 0 radical (unpaired) electrons. The Balaban J connectivity index is 2.59. The van der Waals surface area contributed by atoms with Crippen LogP contribution in [0.15, 0.2) is 18.3 Å². The number of nitrogens with zero attached hydrogens (tertiary/aromatic N) is 2. The molecule has 1 rings (SSSR count). The Morgan fingerprint density at radius 2 is 2.00 bits per heavy atom. The SMILES string of the molecule is CC(C)CNCc1ccnc(N(C)C(C)C)c1. The highest BCUT2D eigenvalue weighted by Gasteiger charge is 2.06. The molecule has 0 fully saturated rings. The van der Waals surface area contributed by atoms with Crippen LogP contribution in [-0.4, -0.2) is 24.6 Å². The molecule has 0 bridgehead atoms. The molecule has 0 atom stereocenters. The highest BCUT2D eigenvalue weighted by molar-refractivity contribution is 5.40. The van der Waals surface area contributed by atoms with Gasteiger partial charge in [-0.2, -0.15) is 0 Å². The van der Waals surface area contributed by atoms with Gasteiger partial charge < -0.3 is 10.2 Å². The maximum Gasteiger partial charge on any atom is 0.128 e. The zero-order chi connectivity index (χ0) is 12.8. The molecule has 0 aliphatic heterocycles. The maximum atomic E-state index is 4.40. The normalized spacial score (nSPS) is 11.2. The summed E-state index contributed by atoms with van der Waals surface area (Å²) in [7, 11) is 2.08. The first-order chi connectivity index (χ1) is 8.00. The molecule has 1 N–H and O–H groups in total. The highest BCUT2D eigenvalue weighted by Crippen LogP contribution is 2.13. The van der Waals surface area contributed by atoms with Crippen LogP contribution in [0, 0.1) is 5.92 Å². The van der Waals surface area contributed by atoms with Gasteiger partial charge in [-0.25, -0.2) is 4.98 Å². The van der Waals surface area contributed by atoms with Crippen LogP contribution in [0.25, 0.3) is 0 Å². The molecule has 0 aromatic carbocycles. The molecule has 3 heteroatoms. The van der Waals surface area contributed by atoms with Gasteiger partial charge in [-0.05, 0) is 44.0 Å². The first-order valence-electron chi connectivity index (χ1n) is 6.39. The van der Waals surface area contributed by atoms with Crippen LogP contribution in [0.1, 0.15) is 33.3 Å². The van der Waals surface area contributed by atoms with Gasteiger partial charge in [0.2, 0.25) is 0 Å². The summed E-state index contributed by atoms with van der Waals surface area (Å²) in [5, 5.41) is 3.45. The maximum absolute atomic E-state index is 4.40. The third kappa shape index (κ3) is 4.73. The Morgan fingerprint density at radius 1 is 1.29 bits per heavy atom. The van der Waals surface area contributed by atoms with Gasteiger partial charge in [-0.1, -0.05) is 13.8 Å². The van der Waals surface area contributed by atoms with E-state index in [1.807, 2.05) is 6.20 Å². The molecule has 96 valence electrons. The van der Waals surface area contributed by atoms with Gasteiger partial charge >= 0.3 is 0 Å². The molecule has 0 unspecified atom stereocenters. The van der Waals surface area contributed by atoms with E-state index in [4.69, 9.17) is 0 Å². The average molecular weight is 235 g/mol. The van der Waals surface area contributed by atoms with Crippen molar-refractivity contribution in [2.24, 2.45) is 5.92 Å². The van der Waals surface area contributed by atoms with Gasteiger partial charge in [0, 0.05) is 25.8 Å². The van der Waals surface area contributed by atoms with Crippen molar-refractivity contribution in [3.8, 4) is 0 Å². The number of aromatic nitrogens is 1. The molecule has 0 amide bonds. The lowest BCUT2D eigenvalue weighted by Crippen LogP contribution is -2.26. The van der Waals surface area contributed by atoms with E-state index in [1.165, 1.54) is 5.56 Å². The molecule has 1 heterocycles. The van der Waals surface area contributed by atoms with Crippen molar-refractivity contribution in [1.29, 1.82) is 0 Å². The third-order valence-corrected chi connectivity index (χ3v) is 2.83. The summed E-state index contributed by atoms with van der Waals surface area (Å²) in [4.78, 5) is 6.59. The summed E-state index contributed by atoms with van der Waals surface area (Å²) >= 11 is 0. The van der Waals surface area contributed by atoms with E-state index in [-0.39, 0.29) is 0 Å². The monoisotopic (exact) mass is 235 g/mol. The summed E-state index contributed by atoms with van der Waals surface area (Å²) < 4.78 is 0. The number of nitrogens with one attached hydrogen (secondary N) is 1. The van der Waals surface area contributed by atoms with Gasteiger partial charge in [-0.15, -0.1) is 0 Å². The van der Waals surface area contributed by atoms with Crippen LogP contribution in [0.4, 0.5) is 5.82 Å². The molecule has 0 aliphatic rings. The number of hydrogen-bond donors (Lipinski definition) is 1. The summed E-state index contributed by atoms with van der Waals surface area (Å²) in [6, 6.07) is 4.71. The van der Waals surface area contributed by atoms with Crippen LogP contribution in [0.5, 0.6) is 0 Å². The molecular formula is C14H25N3. The molecule has 0 saturated carbocycles. The van der Waals surface area contributed by atoms with Crippen molar-refractivity contribution in [2.45, 2.75) is 40.3 Å². The van der Waals surface area contributed by atoms with E-state index in [9.17, 15) is 0 Å². The van der Waals surface area contributed by atoms with Crippen LogP contribution in [0.3, 0.4) is 0 Å². The van der Waals surface area contributed by atoms with Gasteiger partial charge in [0.15, 0.2) is 0 Å². The molecule has 0 saturated heterocycles. The lowest BCUT2D eigenvalue weighted by Gasteiger charge is -2.23. The Labute approximate surface area is 105 Å². The molecule has 0 aliphatic carbocycles. The quantitative estimate of drug-likeness (QED) is 0.821. The van der Waals surface area contributed by atoms with E-state index in [2.05, 4.69) is 62.1 Å². The standard InChI is InChI=1S/C14H25N3/c1-11(2)9-15-10-13-6-7-16-14(8-13)17(5)12(3)4/h6-8,11-12,15H,9-10H2,1-5H3. The lowest BCUT2D eigenvalue weighted by molar-refractivity contribution is 0.552. The second-order valence-electron chi connectivity index (χ2n) is 5.25. The van der Waals surface area contributed by atoms with Crippen molar-refractivity contribution < 1.29 is 0 Å². The smallest absolute Gasteiger partial charge is 0.128 e. The zero-order valence-corrected chi connectivity index (χ0v) is 11.7. The summed E-state index contributed by atoms with van der Waals surface area (Å²) in [6.07, 6.45) is 1.89. The van der Waals surface area contributed by atoms with Crippen molar-refractivity contribution >= 4 is 5.82 Å². The molecule has 17 heavy (non-hydrogen) atoms. The number of pyridine rings is 1. The largest absolute Gasteiger partial charge is 0.357 e. The first-order valence-corrected chi connectivity index (χ1v) is 6.39. The second kappa shape index (κ2) is 6.60. The number of anilines is 1.